The molecular formula is C8H12OP+. The lowest BCUT2D eigenvalue weighted by atomic mass is 10.4. The van der Waals surface area contributed by atoms with Gasteiger partial charge in [-0.1, -0.05) is 18.2 Å². The second-order valence-electron chi connectivity index (χ2n) is 2.73. The van der Waals surface area contributed by atoms with Crippen molar-refractivity contribution in [3.8, 4) is 0 Å². The average molecular weight is 155 g/mol. The summed E-state index contributed by atoms with van der Waals surface area (Å²) in [5, 5.41) is 1.06. The first-order valence-corrected chi connectivity index (χ1v) is 5.86. The zero-order valence-corrected chi connectivity index (χ0v) is 7.18. The maximum atomic E-state index is 9.60. The molecule has 0 spiro atoms. The van der Waals surface area contributed by atoms with Gasteiger partial charge in [0, 0.05) is 0 Å². The van der Waals surface area contributed by atoms with Gasteiger partial charge in [-0.3, -0.25) is 0 Å². The Morgan fingerprint density at radius 3 is 1.90 bits per heavy atom. The predicted octanol–water partition coefficient (Wildman–Crippen LogP) is 1.50. The van der Waals surface area contributed by atoms with Crippen LogP contribution >= 0.6 is 7.49 Å². The molecular weight excluding hydrogens is 143 g/mol. The van der Waals surface area contributed by atoms with Crippen LogP contribution in [0.2, 0.25) is 0 Å². The maximum Gasteiger partial charge on any atom is 0.168 e. The van der Waals surface area contributed by atoms with E-state index in [1.165, 1.54) is 0 Å². The minimum Gasteiger partial charge on any atom is -0.247 e. The Morgan fingerprint density at radius 1 is 1.10 bits per heavy atom. The summed E-state index contributed by atoms with van der Waals surface area (Å²) in [7, 11) is -1.77. The zero-order valence-electron chi connectivity index (χ0n) is 6.28. The minimum atomic E-state index is -1.77. The molecule has 10 heavy (non-hydrogen) atoms. The molecule has 1 aromatic rings. The smallest absolute Gasteiger partial charge is 0.168 e. The lowest BCUT2D eigenvalue weighted by Gasteiger charge is -2.06. The van der Waals surface area contributed by atoms with Crippen LogP contribution in [0.3, 0.4) is 0 Å². The van der Waals surface area contributed by atoms with Gasteiger partial charge in [-0.15, -0.1) is 0 Å². The van der Waals surface area contributed by atoms with E-state index in [4.69, 9.17) is 0 Å². The predicted molar refractivity (Wildman–Crippen MR) is 47.1 cm³/mol. The first-order valence-electron chi connectivity index (χ1n) is 3.23. The van der Waals surface area contributed by atoms with Gasteiger partial charge < -0.3 is 0 Å². The summed E-state index contributed by atoms with van der Waals surface area (Å²) in [6.07, 6.45) is 0. The third kappa shape index (κ3) is 1.80. The first-order chi connectivity index (χ1) is 4.61. The number of benzene rings is 1. The van der Waals surface area contributed by atoms with E-state index in [2.05, 4.69) is 0 Å². The molecule has 54 valence electrons. The second kappa shape index (κ2) is 2.69. The van der Waals surface area contributed by atoms with Crippen LogP contribution in [-0.4, -0.2) is 18.2 Å². The van der Waals surface area contributed by atoms with Crippen LogP contribution in [0.15, 0.2) is 30.3 Å². The van der Waals surface area contributed by atoms with Crippen molar-refractivity contribution in [2.24, 2.45) is 0 Å². The summed E-state index contributed by atoms with van der Waals surface area (Å²) in [5.74, 6) is 0. The molecule has 0 heterocycles. The molecule has 1 rings (SSSR count). The number of hydrogen-bond donors (Lipinski definition) is 1. The van der Waals surface area contributed by atoms with E-state index in [9.17, 15) is 4.89 Å². The topological polar surface area (TPSA) is 20.2 Å². The van der Waals surface area contributed by atoms with E-state index >= 15 is 0 Å². The standard InChI is InChI=1S/C8H12OP/c1-10(2,9)8-6-4-3-5-7-8/h3-7,9H,1-2H3/q+1. The van der Waals surface area contributed by atoms with E-state index in [0.717, 1.165) is 5.30 Å². The molecule has 0 aliphatic heterocycles. The lowest BCUT2D eigenvalue weighted by molar-refractivity contribution is 0.625. The molecule has 0 amide bonds. The van der Waals surface area contributed by atoms with Gasteiger partial charge in [-0.05, 0) is 12.1 Å². The molecule has 0 unspecified atom stereocenters. The van der Waals surface area contributed by atoms with Gasteiger partial charge in [-0.2, -0.15) is 0 Å². The Kier molecular flexibility index (Phi) is 2.08. The van der Waals surface area contributed by atoms with Gasteiger partial charge in [0.1, 0.15) is 5.30 Å². The van der Waals surface area contributed by atoms with Crippen molar-refractivity contribution < 1.29 is 4.89 Å². The molecule has 0 aromatic heterocycles. The molecule has 1 N–H and O–H groups in total. The summed E-state index contributed by atoms with van der Waals surface area (Å²) in [6.45, 7) is 3.78. The first kappa shape index (κ1) is 7.71. The van der Waals surface area contributed by atoms with Gasteiger partial charge in [0.05, 0.1) is 13.3 Å². The van der Waals surface area contributed by atoms with Crippen molar-refractivity contribution in [1.82, 2.24) is 0 Å². The van der Waals surface area contributed by atoms with Crippen LogP contribution in [0, 0.1) is 0 Å². The summed E-state index contributed by atoms with van der Waals surface area (Å²) in [4.78, 5) is 9.60. The van der Waals surface area contributed by atoms with Gasteiger partial charge >= 0.3 is 0 Å². The third-order valence-corrected chi connectivity index (χ3v) is 2.95. The normalized spacial score (nSPS) is 11.5. The van der Waals surface area contributed by atoms with Gasteiger partial charge in [0.2, 0.25) is 0 Å². The van der Waals surface area contributed by atoms with E-state index in [-0.39, 0.29) is 0 Å². The molecule has 0 radical (unpaired) electrons. The van der Waals surface area contributed by atoms with Crippen molar-refractivity contribution in [3.63, 3.8) is 0 Å². The molecule has 0 saturated carbocycles. The highest BCUT2D eigenvalue weighted by atomic mass is 31.2. The molecule has 1 nitrogen and oxygen atoms in total. The summed E-state index contributed by atoms with van der Waals surface area (Å²) in [5.41, 5.74) is 0. The highest BCUT2D eigenvalue weighted by Crippen LogP contribution is 2.43. The molecule has 1 aromatic carbocycles. The van der Waals surface area contributed by atoms with Crippen LogP contribution in [0.25, 0.3) is 0 Å². The highest BCUT2D eigenvalue weighted by Gasteiger charge is 2.23. The van der Waals surface area contributed by atoms with Gasteiger partial charge in [-0.25, -0.2) is 4.89 Å². The third-order valence-electron chi connectivity index (χ3n) is 1.39. The van der Waals surface area contributed by atoms with Crippen LogP contribution in [0.5, 0.6) is 0 Å². The van der Waals surface area contributed by atoms with Gasteiger partial charge in [0.15, 0.2) is 7.49 Å². The highest BCUT2D eigenvalue weighted by molar-refractivity contribution is 7.76. The molecule has 2 heteroatoms. The fraction of sp³-hybridized carbons (Fsp3) is 0.250. The number of hydrogen-bond acceptors (Lipinski definition) is 1. The Morgan fingerprint density at radius 2 is 1.60 bits per heavy atom. The lowest BCUT2D eigenvalue weighted by Crippen LogP contribution is -2.06. The Hall–Kier alpha value is -0.390. The molecule has 0 atom stereocenters. The summed E-state index contributed by atoms with van der Waals surface area (Å²) < 4.78 is 0. The average Bonchev–Trinajstić information content (AvgIpc) is 1.88. The number of rotatable bonds is 1. The Labute approximate surface area is 62.1 Å². The fourth-order valence-electron chi connectivity index (χ4n) is 0.793. The van der Waals surface area contributed by atoms with Crippen molar-refractivity contribution >= 4 is 12.8 Å². The molecule has 0 saturated heterocycles. The molecule has 0 fully saturated rings. The quantitative estimate of drug-likeness (QED) is 0.609. The van der Waals surface area contributed by atoms with E-state index in [0.29, 0.717) is 0 Å². The van der Waals surface area contributed by atoms with Crippen LogP contribution in [-0.2, 0) is 0 Å². The monoisotopic (exact) mass is 155 g/mol. The minimum absolute atomic E-state index is 1.06. The maximum absolute atomic E-state index is 9.60. The molecule has 0 aliphatic rings. The second-order valence-corrected chi connectivity index (χ2v) is 6.04. The largest absolute Gasteiger partial charge is 0.247 e. The summed E-state index contributed by atoms with van der Waals surface area (Å²) in [6, 6.07) is 9.79. The van der Waals surface area contributed by atoms with Gasteiger partial charge in [0.25, 0.3) is 0 Å². The van der Waals surface area contributed by atoms with Crippen LogP contribution in [0.4, 0.5) is 0 Å². The summed E-state index contributed by atoms with van der Waals surface area (Å²) >= 11 is 0. The van der Waals surface area contributed by atoms with E-state index in [1.807, 2.05) is 43.7 Å². The van der Waals surface area contributed by atoms with Crippen molar-refractivity contribution in [2.45, 2.75) is 0 Å². The van der Waals surface area contributed by atoms with Crippen molar-refractivity contribution in [1.29, 1.82) is 0 Å². The fourth-order valence-corrected chi connectivity index (χ4v) is 1.69. The molecule has 0 aliphatic carbocycles. The SMILES string of the molecule is C[P+](C)(O)c1ccccc1. The van der Waals surface area contributed by atoms with E-state index in [1.54, 1.807) is 0 Å². The van der Waals surface area contributed by atoms with Crippen molar-refractivity contribution in [2.75, 3.05) is 13.3 Å². The molecule has 0 bridgehead atoms. The van der Waals surface area contributed by atoms with Crippen LogP contribution < -0.4 is 5.30 Å². The Balaban J connectivity index is 2.97. The van der Waals surface area contributed by atoms with E-state index < -0.39 is 7.49 Å². The van der Waals surface area contributed by atoms with Crippen LogP contribution in [0.1, 0.15) is 0 Å². The zero-order chi connectivity index (χ0) is 7.61. The Bertz CT molecular complexity index is 200. The van der Waals surface area contributed by atoms with Crippen molar-refractivity contribution in [3.05, 3.63) is 30.3 Å².